The maximum absolute atomic E-state index is 12.9. The zero-order chi connectivity index (χ0) is 29.5. The fourth-order valence-corrected chi connectivity index (χ4v) is 4.52. The summed E-state index contributed by atoms with van der Waals surface area (Å²) >= 11 is 11.8. The van der Waals surface area contributed by atoms with Gasteiger partial charge in [-0.1, -0.05) is 23.2 Å². The molecule has 0 saturated carbocycles. The molecule has 0 fully saturated rings. The molecule has 0 aliphatic rings. The van der Waals surface area contributed by atoms with Crippen LogP contribution in [0.15, 0.2) is 40.3 Å². The van der Waals surface area contributed by atoms with Crippen LogP contribution in [0.3, 0.4) is 0 Å². The highest BCUT2D eigenvalue weighted by Crippen LogP contribution is 2.24. The van der Waals surface area contributed by atoms with Gasteiger partial charge in [-0.2, -0.15) is 13.2 Å². The second kappa shape index (κ2) is 12.9. The summed E-state index contributed by atoms with van der Waals surface area (Å²) in [4.78, 5) is 45.8. The molecule has 0 radical (unpaired) electrons. The van der Waals surface area contributed by atoms with Crippen molar-refractivity contribution in [3.63, 3.8) is 0 Å². The molecule has 0 bridgehead atoms. The first-order valence-corrected chi connectivity index (χ1v) is 12.9. The number of oxime groups is 1. The van der Waals surface area contributed by atoms with E-state index in [1.54, 1.807) is 0 Å². The lowest BCUT2D eigenvalue weighted by Gasteiger charge is -2.19. The van der Waals surface area contributed by atoms with Crippen molar-refractivity contribution in [3.8, 4) is 0 Å². The fourth-order valence-electron chi connectivity index (χ4n) is 2.85. The summed E-state index contributed by atoms with van der Waals surface area (Å²) in [7, 11) is -4.39. The van der Waals surface area contributed by atoms with Crippen LogP contribution in [0, 0.1) is 0 Å². The van der Waals surface area contributed by atoms with E-state index in [-0.39, 0.29) is 39.5 Å². The average molecular weight is 617 g/mol. The number of anilines is 1. The number of nitrogens with one attached hydrogen (secondary N) is 2. The van der Waals surface area contributed by atoms with Gasteiger partial charge in [0.2, 0.25) is 21.9 Å². The van der Waals surface area contributed by atoms with Gasteiger partial charge in [-0.3, -0.25) is 14.3 Å². The van der Waals surface area contributed by atoms with Gasteiger partial charge >= 0.3 is 17.7 Å². The molecule has 2 aromatic rings. The number of hydrogen-bond donors (Lipinski definition) is 4. The van der Waals surface area contributed by atoms with Crippen molar-refractivity contribution in [3.05, 3.63) is 62.0 Å². The van der Waals surface area contributed by atoms with E-state index in [0.717, 1.165) is 12.1 Å². The molecule has 2 rings (SSSR count). The predicted octanol–water partition coefficient (Wildman–Crippen LogP) is 1.04. The van der Waals surface area contributed by atoms with Crippen molar-refractivity contribution in [1.82, 2.24) is 10.0 Å². The maximum Gasteiger partial charge on any atom is 0.493 e. The van der Waals surface area contributed by atoms with Crippen molar-refractivity contribution in [1.29, 1.82) is 0 Å². The van der Waals surface area contributed by atoms with Crippen LogP contribution in [-0.2, 0) is 30.2 Å². The third kappa shape index (κ3) is 9.22. The Morgan fingerprint density at radius 2 is 1.85 bits per heavy atom. The predicted molar refractivity (Wildman–Crippen MR) is 134 cm³/mol. The molecule has 1 heterocycles. The third-order valence-corrected chi connectivity index (χ3v) is 6.42. The van der Waals surface area contributed by atoms with Gasteiger partial charge in [0.15, 0.2) is 0 Å². The number of carbonyl (C=O) groups excluding carboxylic acids is 2. The van der Waals surface area contributed by atoms with Crippen LogP contribution in [0.2, 0.25) is 10.0 Å². The van der Waals surface area contributed by atoms with Crippen molar-refractivity contribution in [2.45, 2.75) is 24.8 Å². The van der Waals surface area contributed by atoms with Crippen molar-refractivity contribution in [2.24, 2.45) is 16.6 Å². The second-order valence-electron chi connectivity index (χ2n) is 7.61. The quantitative estimate of drug-likeness (QED) is 0.123. The fraction of sp³-hybridized carbons (Fsp3) is 0.300. The van der Waals surface area contributed by atoms with Gasteiger partial charge in [-0.25, -0.2) is 13.2 Å². The van der Waals surface area contributed by atoms with Crippen LogP contribution in [0.25, 0.3) is 0 Å². The Labute approximate surface area is 228 Å². The molecule has 19 heteroatoms. The van der Waals surface area contributed by atoms with Crippen LogP contribution >= 0.6 is 23.2 Å². The van der Waals surface area contributed by atoms with E-state index < -0.39 is 56.7 Å². The zero-order valence-electron chi connectivity index (χ0n) is 19.8. The molecular weight excluding hydrogens is 596 g/mol. The standard InChI is InChI=1S/C20H21Cl2F3N6O7S/c1-10(16(32)28-6-7-37-29-19(26)27)15-5-4-14(17(33)31(15)38-18(34)20(23,24)25)30-39(35,36)9-11-8-12(21)2-3-13(11)22/h2-5,8,10,30H,6-7,9H2,1H3,(H,28,32)(H4,26,27,29). The third-order valence-electron chi connectivity index (χ3n) is 4.59. The zero-order valence-corrected chi connectivity index (χ0v) is 22.1. The Morgan fingerprint density at radius 3 is 2.46 bits per heavy atom. The number of hydrogen-bond acceptors (Lipinski definition) is 8. The highest BCUT2D eigenvalue weighted by Gasteiger charge is 2.43. The minimum absolute atomic E-state index is 0.0418. The lowest BCUT2D eigenvalue weighted by Crippen LogP contribution is -2.42. The summed E-state index contributed by atoms with van der Waals surface area (Å²) < 4.78 is 65.8. The molecule has 1 aromatic carbocycles. The highest BCUT2D eigenvalue weighted by atomic mass is 35.5. The minimum atomic E-state index is -5.52. The first-order chi connectivity index (χ1) is 18.0. The molecule has 0 saturated heterocycles. The van der Waals surface area contributed by atoms with Crippen molar-refractivity contribution in [2.75, 3.05) is 17.9 Å². The summed E-state index contributed by atoms with van der Waals surface area (Å²) in [5, 5.41) is 5.78. The molecule has 1 amide bonds. The summed E-state index contributed by atoms with van der Waals surface area (Å²) in [6.45, 7) is 0.837. The molecule has 1 aromatic heterocycles. The number of amides is 1. The van der Waals surface area contributed by atoms with E-state index in [1.807, 2.05) is 4.72 Å². The number of aromatic nitrogens is 1. The number of pyridine rings is 1. The van der Waals surface area contributed by atoms with Crippen LogP contribution in [0.5, 0.6) is 0 Å². The van der Waals surface area contributed by atoms with Crippen LogP contribution < -0.4 is 31.9 Å². The van der Waals surface area contributed by atoms with Gasteiger partial charge < -0.3 is 26.5 Å². The molecule has 1 atom stereocenters. The van der Waals surface area contributed by atoms with Gasteiger partial charge in [0.1, 0.15) is 12.3 Å². The van der Waals surface area contributed by atoms with Crippen LogP contribution in [0.1, 0.15) is 24.1 Å². The number of rotatable bonds is 11. The number of sulfonamides is 1. The molecule has 39 heavy (non-hydrogen) atoms. The Kier molecular flexibility index (Phi) is 10.4. The molecule has 1 unspecified atom stereocenters. The van der Waals surface area contributed by atoms with E-state index in [1.165, 1.54) is 25.1 Å². The van der Waals surface area contributed by atoms with Crippen LogP contribution in [-0.4, -0.2) is 50.3 Å². The monoisotopic (exact) mass is 616 g/mol. The molecule has 214 valence electrons. The first-order valence-electron chi connectivity index (χ1n) is 10.5. The number of carbonyl (C=O) groups is 2. The number of nitrogens with zero attached hydrogens (tertiary/aromatic N) is 2. The van der Waals surface area contributed by atoms with Gasteiger partial charge in [0, 0.05) is 10.0 Å². The van der Waals surface area contributed by atoms with Gasteiger partial charge in [0.05, 0.1) is 23.9 Å². The molecule has 0 aliphatic carbocycles. The molecular formula is C20H21Cl2F3N6O7S. The molecule has 0 aliphatic heterocycles. The van der Waals surface area contributed by atoms with Crippen molar-refractivity contribution >= 4 is 56.7 Å². The summed E-state index contributed by atoms with van der Waals surface area (Å²) in [5.74, 6) is -6.15. The van der Waals surface area contributed by atoms with E-state index in [9.17, 15) is 36.0 Å². The van der Waals surface area contributed by atoms with E-state index in [0.29, 0.717) is 0 Å². The lowest BCUT2D eigenvalue weighted by molar-refractivity contribution is -0.200. The second-order valence-corrected chi connectivity index (χ2v) is 10.2. The summed E-state index contributed by atoms with van der Waals surface area (Å²) in [6, 6.07) is 5.83. The maximum atomic E-state index is 12.9. The van der Waals surface area contributed by atoms with Crippen LogP contribution in [0.4, 0.5) is 18.9 Å². The Bertz CT molecular complexity index is 1430. The molecule has 6 N–H and O–H groups in total. The summed E-state index contributed by atoms with van der Waals surface area (Å²) in [5.41, 5.74) is 7.39. The van der Waals surface area contributed by atoms with E-state index >= 15 is 0 Å². The Morgan fingerprint density at radius 1 is 1.18 bits per heavy atom. The number of nitrogens with two attached hydrogens (primary N) is 2. The van der Waals surface area contributed by atoms with E-state index in [2.05, 4.69) is 20.1 Å². The number of benzene rings is 1. The normalized spacial score (nSPS) is 12.3. The van der Waals surface area contributed by atoms with E-state index in [4.69, 9.17) is 34.7 Å². The largest absolute Gasteiger partial charge is 0.493 e. The SMILES string of the molecule is CC(C(=O)NCCON=C(N)N)c1ccc(NS(=O)(=O)Cc2cc(Cl)ccc2Cl)c(=O)n1OC(=O)C(F)(F)F. The van der Waals surface area contributed by atoms with Crippen molar-refractivity contribution < 1.29 is 40.9 Å². The average Bonchev–Trinajstić information content (AvgIpc) is 2.82. The van der Waals surface area contributed by atoms with Gasteiger partial charge in [-0.05, 0) is 48.0 Å². The molecule has 13 nitrogen and oxygen atoms in total. The Hall–Kier alpha value is -3.70. The number of alkyl halides is 3. The first kappa shape index (κ1) is 31.5. The topological polar surface area (TPSA) is 197 Å². The smallest absolute Gasteiger partial charge is 0.391 e. The minimum Gasteiger partial charge on any atom is -0.391 e. The lowest BCUT2D eigenvalue weighted by atomic mass is 10.1. The van der Waals surface area contributed by atoms with Gasteiger partial charge in [0.25, 0.3) is 0 Å². The summed E-state index contributed by atoms with van der Waals surface area (Å²) in [6.07, 6.45) is -5.52. The highest BCUT2D eigenvalue weighted by molar-refractivity contribution is 7.91. The van der Waals surface area contributed by atoms with Gasteiger partial charge in [-0.15, -0.1) is 4.73 Å². The Balaban J connectivity index is 2.38. The number of halogens is 5. The number of guanidine groups is 1. The molecule has 0 spiro atoms.